The standard InChI is InChI=1S/C11H18N2O3/c1-3-7(2)8-9(14)13-6-4-5-11(13,16)10(15)12-8/h7-8,16H,3-6H2,1-2H3,(H,12,15)/t7?,8-,11-/m1/s1. The molecule has 2 heterocycles. The van der Waals surface area contributed by atoms with Crippen LogP contribution in [0.1, 0.15) is 33.1 Å². The number of carbonyl (C=O) groups is 2. The number of rotatable bonds is 2. The quantitative estimate of drug-likeness (QED) is 0.687. The van der Waals surface area contributed by atoms with E-state index in [0.717, 1.165) is 6.42 Å². The van der Waals surface area contributed by atoms with Gasteiger partial charge in [0.15, 0.2) is 0 Å². The van der Waals surface area contributed by atoms with E-state index in [-0.39, 0.29) is 11.8 Å². The predicted octanol–water partition coefficient (Wildman–Crippen LogP) is -0.158. The first-order chi connectivity index (χ1) is 7.50. The average Bonchev–Trinajstić information content (AvgIpc) is 2.66. The van der Waals surface area contributed by atoms with Crippen LogP contribution >= 0.6 is 0 Å². The highest BCUT2D eigenvalue weighted by molar-refractivity contribution is 5.99. The minimum atomic E-state index is -1.58. The van der Waals surface area contributed by atoms with E-state index in [9.17, 15) is 14.7 Å². The lowest BCUT2D eigenvalue weighted by molar-refractivity contribution is -0.179. The zero-order valence-corrected chi connectivity index (χ0v) is 9.69. The third kappa shape index (κ3) is 1.42. The van der Waals surface area contributed by atoms with Crippen molar-refractivity contribution in [3.63, 3.8) is 0 Å². The molecule has 1 unspecified atom stereocenters. The number of hydrogen-bond acceptors (Lipinski definition) is 3. The van der Waals surface area contributed by atoms with Gasteiger partial charge in [-0.15, -0.1) is 0 Å². The zero-order valence-electron chi connectivity index (χ0n) is 9.69. The topological polar surface area (TPSA) is 69.6 Å². The molecular weight excluding hydrogens is 208 g/mol. The van der Waals surface area contributed by atoms with Crippen LogP contribution in [0.15, 0.2) is 0 Å². The van der Waals surface area contributed by atoms with Gasteiger partial charge in [-0.2, -0.15) is 0 Å². The first-order valence-corrected chi connectivity index (χ1v) is 5.85. The Labute approximate surface area is 94.8 Å². The van der Waals surface area contributed by atoms with Crippen molar-refractivity contribution in [3.8, 4) is 0 Å². The normalized spacial score (nSPS) is 35.9. The maximum absolute atomic E-state index is 12.1. The van der Waals surface area contributed by atoms with Gasteiger partial charge < -0.3 is 15.3 Å². The Bertz CT molecular complexity index is 331. The SMILES string of the molecule is CCC(C)[C@H]1NC(=O)[C@]2(O)CCCN2C1=O. The molecule has 0 aromatic rings. The van der Waals surface area contributed by atoms with Crippen molar-refractivity contribution in [2.45, 2.75) is 44.9 Å². The average molecular weight is 226 g/mol. The molecule has 2 amide bonds. The van der Waals surface area contributed by atoms with Gasteiger partial charge in [0.05, 0.1) is 0 Å². The molecule has 0 aliphatic carbocycles. The summed E-state index contributed by atoms with van der Waals surface area (Å²) in [7, 11) is 0. The van der Waals surface area contributed by atoms with E-state index in [0.29, 0.717) is 19.4 Å². The van der Waals surface area contributed by atoms with Gasteiger partial charge >= 0.3 is 0 Å². The number of aliphatic hydroxyl groups is 1. The fourth-order valence-corrected chi connectivity index (χ4v) is 2.44. The molecule has 3 atom stereocenters. The Balaban J connectivity index is 2.26. The Morgan fingerprint density at radius 3 is 2.94 bits per heavy atom. The second-order valence-electron chi connectivity index (χ2n) is 4.75. The minimum Gasteiger partial charge on any atom is -0.363 e. The molecule has 0 aromatic carbocycles. The Morgan fingerprint density at radius 2 is 2.31 bits per heavy atom. The lowest BCUT2D eigenvalue weighted by Gasteiger charge is -2.41. The summed E-state index contributed by atoms with van der Waals surface area (Å²) in [5.41, 5.74) is -1.58. The van der Waals surface area contributed by atoms with Crippen molar-refractivity contribution in [1.29, 1.82) is 0 Å². The highest BCUT2D eigenvalue weighted by atomic mass is 16.3. The van der Waals surface area contributed by atoms with Crippen molar-refractivity contribution in [2.75, 3.05) is 6.54 Å². The van der Waals surface area contributed by atoms with Crippen molar-refractivity contribution < 1.29 is 14.7 Å². The summed E-state index contributed by atoms with van der Waals surface area (Å²) >= 11 is 0. The van der Waals surface area contributed by atoms with Crippen LogP contribution in [0.25, 0.3) is 0 Å². The summed E-state index contributed by atoms with van der Waals surface area (Å²) in [4.78, 5) is 25.3. The summed E-state index contributed by atoms with van der Waals surface area (Å²) in [5, 5.41) is 12.8. The van der Waals surface area contributed by atoms with Crippen LogP contribution in [-0.4, -0.2) is 40.1 Å². The molecule has 0 aromatic heterocycles. The minimum absolute atomic E-state index is 0.0987. The van der Waals surface area contributed by atoms with E-state index in [1.807, 2.05) is 13.8 Å². The lowest BCUT2D eigenvalue weighted by Crippen LogP contribution is -2.69. The number of piperazine rings is 1. The Kier molecular flexibility index (Phi) is 2.66. The van der Waals surface area contributed by atoms with Gasteiger partial charge in [-0.1, -0.05) is 20.3 Å². The third-order valence-electron chi connectivity index (χ3n) is 3.75. The lowest BCUT2D eigenvalue weighted by atomic mass is 9.93. The number of fused-ring (bicyclic) bond motifs is 1. The van der Waals surface area contributed by atoms with Crippen LogP contribution in [-0.2, 0) is 9.59 Å². The second-order valence-corrected chi connectivity index (χ2v) is 4.75. The number of carbonyl (C=O) groups excluding carboxylic acids is 2. The molecule has 0 saturated carbocycles. The second kappa shape index (κ2) is 3.73. The van der Waals surface area contributed by atoms with Gasteiger partial charge in [0, 0.05) is 13.0 Å². The van der Waals surface area contributed by atoms with Crippen LogP contribution in [0.5, 0.6) is 0 Å². The van der Waals surface area contributed by atoms with Crippen molar-refractivity contribution in [2.24, 2.45) is 5.92 Å². The third-order valence-corrected chi connectivity index (χ3v) is 3.75. The van der Waals surface area contributed by atoms with Gasteiger partial charge in [0.25, 0.3) is 5.91 Å². The Morgan fingerprint density at radius 1 is 1.62 bits per heavy atom. The molecule has 0 radical (unpaired) electrons. The first kappa shape index (κ1) is 11.4. The van der Waals surface area contributed by atoms with E-state index in [4.69, 9.17) is 0 Å². The van der Waals surface area contributed by atoms with Crippen molar-refractivity contribution >= 4 is 11.8 Å². The van der Waals surface area contributed by atoms with Crippen LogP contribution in [0.3, 0.4) is 0 Å². The van der Waals surface area contributed by atoms with E-state index in [1.165, 1.54) is 4.90 Å². The maximum atomic E-state index is 12.1. The molecule has 16 heavy (non-hydrogen) atoms. The van der Waals surface area contributed by atoms with Crippen molar-refractivity contribution in [1.82, 2.24) is 10.2 Å². The molecular formula is C11H18N2O3. The van der Waals surface area contributed by atoms with E-state index in [1.54, 1.807) is 0 Å². The number of nitrogens with zero attached hydrogens (tertiary/aromatic N) is 1. The fourth-order valence-electron chi connectivity index (χ4n) is 2.44. The molecule has 5 heteroatoms. The first-order valence-electron chi connectivity index (χ1n) is 5.85. The van der Waals surface area contributed by atoms with Gasteiger partial charge in [-0.05, 0) is 12.3 Å². The molecule has 0 spiro atoms. The summed E-state index contributed by atoms with van der Waals surface area (Å²) in [6.07, 6.45) is 1.85. The molecule has 2 saturated heterocycles. The number of nitrogens with one attached hydrogen (secondary N) is 1. The molecule has 2 N–H and O–H groups in total. The van der Waals surface area contributed by atoms with Gasteiger partial charge in [0.1, 0.15) is 6.04 Å². The van der Waals surface area contributed by atoms with Gasteiger partial charge in [-0.3, -0.25) is 9.59 Å². The summed E-state index contributed by atoms with van der Waals surface area (Å²) in [5.74, 6) is -0.467. The van der Waals surface area contributed by atoms with E-state index in [2.05, 4.69) is 5.32 Å². The van der Waals surface area contributed by atoms with Crippen LogP contribution in [0, 0.1) is 5.92 Å². The highest BCUT2D eigenvalue weighted by Crippen LogP contribution is 2.32. The van der Waals surface area contributed by atoms with Crippen LogP contribution in [0.4, 0.5) is 0 Å². The van der Waals surface area contributed by atoms with Crippen molar-refractivity contribution in [3.05, 3.63) is 0 Å². The van der Waals surface area contributed by atoms with Crippen LogP contribution < -0.4 is 5.32 Å². The number of amides is 2. The van der Waals surface area contributed by atoms with Crippen LogP contribution in [0.2, 0.25) is 0 Å². The summed E-state index contributed by atoms with van der Waals surface area (Å²) in [6.45, 7) is 4.40. The summed E-state index contributed by atoms with van der Waals surface area (Å²) < 4.78 is 0. The van der Waals surface area contributed by atoms with E-state index >= 15 is 0 Å². The highest BCUT2D eigenvalue weighted by Gasteiger charge is 2.54. The monoisotopic (exact) mass is 226 g/mol. The predicted molar refractivity (Wildman–Crippen MR) is 57.3 cm³/mol. The molecule has 2 aliphatic rings. The molecule has 5 nitrogen and oxygen atoms in total. The van der Waals surface area contributed by atoms with Gasteiger partial charge in [-0.25, -0.2) is 0 Å². The fraction of sp³-hybridized carbons (Fsp3) is 0.818. The molecule has 0 bridgehead atoms. The molecule has 2 fully saturated rings. The largest absolute Gasteiger partial charge is 0.363 e. The number of hydrogen-bond donors (Lipinski definition) is 2. The molecule has 2 rings (SSSR count). The maximum Gasteiger partial charge on any atom is 0.274 e. The Hall–Kier alpha value is -1.10. The smallest absolute Gasteiger partial charge is 0.274 e. The van der Waals surface area contributed by atoms with E-state index < -0.39 is 17.7 Å². The summed E-state index contributed by atoms with van der Waals surface area (Å²) in [6, 6.07) is -0.476. The zero-order chi connectivity index (χ0) is 11.9. The molecule has 2 aliphatic heterocycles. The molecule has 90 valence electrons. The van der Waals surface area contributed by atoms with Gasteiger partial charge in [0.2, 0.25) is 11.6 Å².